The second kappa shape index (κ2) is 9.80. The van der Waals surface area contributed by atoms with E-state index >= 15 is 0 Å². The average Bonchev–Trinajstić information content (AvgIpc) is 2.63. The van der Waals surface area contributed by atoms with Gasteiger partial charge in [-0.25, -0.2) is 4.79 Å². The molecule has 0 saturated heterocycles. The van der Waals surface area contributed by atoms with Crippen LogP contribution in [-0.2, 0) is 29.0 Å². The number of ether oxygens (including phenoxy) is 1. The monoisotopic (exact) mass is 433 g/mol. The van der Waals surface area contributed by atoms with Crippen molar-refractivity contribution in [2.24, 2.45) is 0 Å². The maximum absolute atomic E-state index is 12.4. The Kier molecular flexibility index (Phi) is 7.67. The highest BCUT2D eigenvalue weighted by Crippen LogP contribution is 2.19. The van der Waals surface area contributed by atoms with Gasteiger partial charge in [-0.05, 0) is 62.6 Å². The van der Waals surface area contributed by atoms with Crippen LogP contribution in [0.5, 0.6) is 0 Å². The fraction of sp³-hybridized carbons (Fsp3) is 0.409. The number of amides is 2. The van der Waals surface area contributed by atoms with E-state index in [0.717, 1.165) is 16.7 Å². The molecule has 2 amide bonds. The number of carbonyl (C=O) groups is 2. The van der Waals surface area contributed by atoms with Crippen LogP contribution in [0.15, 0.2) is 35.3 Å². The van der Waals surface area contributed by atoms with Crippen LogP contribution in [0.4, 0.5) is 4.79 Å². The molecule has 0 saturated carbocycles. The van der Waals surface area contributed by atoms with E-state index in [4.69, 9.17) is 16.3 Å². The summed E-state index contributed by atoms with van der Waals surface area (Å²) in [6, 6.07) is 7.06. The first-order valence-corrected chi connectivity index (χ1v) is 9.99. The minimum Gasteiger partial charge on any atom is -0.444 e. The molecule has 0 aliphatic rings. The molecule has 1 aromatic heterocycles. The lowest BCUT2D eigenvalue weighted by Crippen LogP contribution is -2.34. The Hall–Kier alpha value is -2.80. The summed E-state index contributed by atoms with van der Waals surface area (Å²) in [5, 5.41) is 3.35. The van der Waals surface area contributed by atoms with Gasteiger partial charge in [-0.15, -0.1) is 0 Å². The molecule has 0 aliphatic carbocycles. The molecule has 8 heteroatoms. The van der Waals surface area contributed by atoms with E-state index in [9.17, 15) is 14.4 Å². The first kappa shape index (κ1) is 23.5. The van der Waals surface area contributed by atoms with Gasteiger partial charge in [-0.1, -0.05) is 17.7 Å². The molecule has 2 N–H and O–H groups in total. The van der Waals surface area contributed by atoms with Gasteiger partial charge in [0.2, 0.25) is 5.91 Å². The molecule has 0 atom stereocenters. The van der Waals surface area contributed by atoms with Crippen molar-refractivity contribution in [1.29, 1.82) is 0 Å². The normalized spacial score (nSPS) is 11.1. The van der Waals surface area contributed by atoms with Crippen molar-refractivity contribution in [2.75, 3.05) is 7.05 Å². The Morgan fingerprint density at radius 3 is 2.53 bits per heavy atom. The van der Waals surface area contributed by atoms with Crippen molar-refractivity contribution < 1.29 is 14.3 Å². The zero-order chi connectivity index (χ0) is 22.5. The summed E-state index contributed by atoms with van der Waals surface area (Å²) < 4.78 is 5.38. The summed E-state index contributed by atoms with van der Waals surface area (Å²) in [5.74, 6) is -0.277. The SMILES string of the molecule is Cc1cc[nH]c(=O)c1CC(=O)NCc1cc(Cl)ccc1CN(C)C(=O)OC(C)(C)C. The lowest BCUT2D eigenvalue weighted by molar-refractivity contribution is -0.120. The van der Waals surface area contributed by atoms with Crippen LogP contribution in [0.1, 0.15) is 43.0 Å². The topological polar surface area (TPSA) is 91.5 Å². The van der Waals surface area contributed by atoms with Crippen LogP contribution >= 0.6 is 11.6 Å². The second-order valence-electron chi connectivity index (χ2n) is 8.17. The number of hydrogen-bond acceptors (Lipinski definition) is 4. The van der Waals surface area contributed by atoms with Gasteiger partial charge in [0.25, 0.3) is 5.56 Å². The van der Waals surface area contributed by atoms with Crippen LogP contribution < -0.4 is 10.9 Å². The average molecular weight is 434 g/mol. The molecule has 1 heterocycles. The quantitative estimate of drug-likeness (QED) is 0.728. The number of benzene rings is 1. The summed E-state index contributed by atoms with van der Waals surface area (Å²) >= 11 is 6.13. The van der Waals surface area contributed by atoms with Crippen LogP contribution in [0.2, 0.25) is 5.02 Å². The van der Waals surface area contributed by atoms with Crippen LogP contribution in [0.25, 0.3) is 0 Å². The first-order valence-electron chi connectivity index (χ1n) is 9.61. The van der Waals surface area contributed by atoms with Gasteiger partial charge in [0, 0.05) is 36.9 Å². The van der Waals surface area contributed by atoms with Crippen LogP contribution in [0.3, 0.4) is 0 Å². The Morgan fingerprint density at radius 1 is 1.20 bits per heavy atom. The molecule has 0 fully saturated rings. The Labute approximate surface area is 181 Å². The van der Waals surface area contributed by atoms with Crippen molar-refractivity contribution in [3.8, 4) is 0 Å². The second-order valence-corrected chi connectivity index (χ2v) is 8.61. The van der Waals surface area contributed by atoms with Gasteiger partial charge in [-0.3, -0.25) is 9.59 Å². The highest BCUT2D eigenvalue weighted by atomic mass is 35.5. The molecule has 0 radical (unpaired) electrons. The fourth-order valence-electron chi connectivity index (χ4n) is 2.82. The number of nitrogens with one attached hydrogen (secondary N) is 2. The van der Waals surface area contributed by atoms with Crippen molar-refractivity contribution in [2.45, 2.75) is 52.8 Å². The van der Waals surface area contributed by atoms with E-state index < -0.39 is 11.7 Å². The molecule has 1 aromatic carbocycles. The molecule has 0 bridgehead atoms. The summed E-state index contributed by atoms with van der Waals surface area (Å²) in [6.07, 6.45) is 1.10. The predicted molar refractivity (Wildman–Crippen MR) is 117 cm³/mol. The number of nitrogens with zero attached hydrogens (tertiary/aromatic N) is 1. The Balaban J connectivity index is 2.07. The van der Waals surface area contributed by atoms with E-state index in [1.807, 2.05) is 26.8 Å². The fourth-order valence-corrected chi connectivity index (χ4v) is 3.01. The number of aryl methyl sites for hydroxylation is 1. The highest BCUT2D eigenvalue weighted by Gasteiger charge is 2.20. The molecule has 2 rings (SSSR count). The number of pyridine rings is 1. The standard InChI is InChI=1S/C22H28ClN3O4/c1-14-8-9-24-20(28)18(14)11-19(27)25-12-16-10-17(23)7-6-15(16)13-26(5)21(29)30-22(2,3)4/h6-10H,11-13H2,1-5H3,(H,24,28)(H,25,27). The summed E-state index contributed by atoms with van der Waals surface area (Å²) in [6.45, 7) is 7.74. The summed E-state index contributed by atoms with van der Waals surface area (Å²) in [4.78, 5) is 40.6. The predicted octanol–water partition coefficient (Wildman–Crippen LogP) is 3.56. The van der Waals surface area contributed by atoms with Gasteiger partial charge >= 0.3 is 6.09 Å². The molecular weight excluding hydrogens is 406 g/mol. The third kappa shape index (κ3) is 6.91. The minimum absolute atomic E-state index is 0.0181. The summed E-state index contributed by atoms with van der Waals surface area (Å²) in [5.41, 5.74) is 1.96. The Morgan fingerprint density at radius 2 is 1.90 bits per heavy atom. The van der Waals surface area contributed by atoms with Gasteiger partial charge in [0.1, 0.15) is 5.60 Å². The van der Waals surface area contributed by atoms with Gasteiger partial charge in [0.05, 0.1) is 6.42 Å². The van der Waals surface area contributed by atoms with Crippen molar-refractivity contribution in [3.63, 3.8) is 0 Å². The van der Waals surface area contributed by atoms with Crippen molar-refractivity contribution in [1.82, 2.24) is 15.2 Å². The van der Waals surface area contributed by atoms with E-state index in [2.05, 4.69) is 10.3 Å². The molecule has 2 aromatic rings. The molecule has 162 valence electrons. The van der Waals surface area contributed by atoms with E-state index in [1.54, 1.807) is 38.4 Å². The molecule has 0 spiro atoms. The van der Waals surface area contributed by atoms with Gasteiger partial charge in [-0.2, -0.15) is 0 Å². The zero-order valence-corrected chi connectivity index (χ0v) is 18.7. The van der Waals surface area contributed by atoms with Gasteiger partial charge in [0.15, 0.2) is 0 Å². The van der Waals surface area contributed by atoms with Crippen LogP contribution in [0, 0.1) is 6.92 Å². The van der Waals surface area contributed by atoms with Crippen LogP contribution in [-0.4, -0.2) is 34.5 Å². The first-order chi connectivity index (χ1) is 14.0. The van der Waals surface area contributed by atoms with E-state index in [-0.39, 0.29) is 24.4 Å². The minimum atomic E-state index is -0.588. The Bertz CT molecular complexity index is 979. The molecule has 0 aliphatic heterocycles. The zero-order valence-electron chi connectivity index (χ0n) is 18.0. The number of hydrogen-bond donors (Lipinski definition) is 2. The molecule has 7 nitrogen and oxygen atoms in total. The lowest BCUT2D eigenvalue weighted by Gasteiger charge is -2.25. The largest absolute Gasteiger partial charge is 0.444 e. The molecular formula is C22H28ClN3O4. The smallest absolute Gasteiger partial charge is 0.410 e. The van der Waals surface area contributed by atoms with E-state index in [0.29, 0.717) is 17.1 Å². The third-order valence-corrected chi connectivity index (χ3v) is 4.63. The maximum atomic E-state index is 12.4. The summed E-state index contributed by atoms with van der Waals surface area (Å²) in [7, 11) is 1.65. The van der Waals surface area contributed by atoms with Crippen molar-refractivity contribution >= 4 is 23.6 Å². The lowest BCUT2D eigenvalue weighted by atomic mass is 10.1. The highest BCUT2D eigenvalue weighted by molar-refractivity contribution is 6.30. The third-order valence-electron chi connectivity index (χ3n) is 4.39. The maximum Gasteiger partial charge on any atom is 0.410 e. The van der Waals surface area contributed by atoms with E-state index in [1.165, 1.54) is 4.90 Å². The number of halogens is 1. The van der Waals surface area contributed by atoms with Crippen molar-refractivity contribution in [3.05, 3.63) is 68.1 Å². The molecule has 0 unspecified atom stereocenters. The number of H-pyrrole nitrogens is 1. The number of carbonyl (C=O) groups excluding carboxylic acids is 2. The number of aromatic nitrogens is 1. The number of aromatic amines is 1. The van der Waals surface area contributed by atoms with Gasteiger partial charge < -0.3 is 19.9 Å². The molecule has 30 heavy (non-hydrogen) atoms. The number of rotatable bonds is 6.